The molecular formula is C6H6F5O3-. The number of halogens is 5. The zero-order valence-electron chi connectivity index (χ0n) is 6.90. The Bertz CT molecular complexity index is 212. The molecule has 0 spiro atoms. The molecule has 14 heavy (non-hydrogen) atoms. The van der Waals surface area contributed by atoms with Crippen LogP contribution in [0, 0.1) is 0 Å². The highest BCUT2D eigenvalue weighted by Crippen LogP contribution is 2.39. The van der Waals surface area contributed by atoms with Crippen molar-refractivity contribution in [1.29, 1.82) is 0 Å². The first-order chi connectivity index (χ1) is 6.06. The average molecular weight is 221 g/mol. The fourth-order valence-corrected chi connectivity index (χ4v) is 0.683. The van der Waals surface area contributed by atoms with Gasteiger partial charge in [0.2, 0.25) is 0 Å². The first-order valence-electron chi connectivity index (χ1n) is 3.38. The minimum absolute atomic E-state index is 0.773. The fraction of sp³-hybridized carbons (Fsp3) is 0.833. The number of hydrogen-bond acceptors (Lipinski definition) is 3. The lowest BCUT2D eigenvalue weighted by Crippen LogP contribution is -2.41. The molecule has 0 N–H and O–H groups in total. The highest BCUT2D eigenvalue weighted by Gasteiger charge is 2.57. The molecule has 0 aromatic rings. The van der Waals surface area contributed by atoms with Crippen LogP contribution in [-0.2, 0) is 4.74 Å². The number of carboxylic acid groups (broad SMARTS) is 1. The topological polar surface area (TPSA) is 49.4 Å². The van der Waals surface area contributed by atoms with E-state index in [1.54, 1.807) is 0 Å². The minimum Gasteiger partial charge on any atom is -0.546 e. The number of carbonyl (C=O) groups excluding carboxylic acids is 1. The van der Waals surface area contributed by atoms with Crippen LogP contribution in [-0.4, -0.2) is 24.4 Å². The van der Waals surface area contributed by atoms with Gasteiger partial charge in [-0.05, 0) is 6.92 Å². The molecule has 0 aliphatic carbocycles. The van der Waals surface area contributed by atoms with Crippen LogP contribution in [0.15, 0.2) is 0 Å². The maximum absolute atomic E-state index is 12.2. The molecule has 3 nitrogen and oxygen atoms in total. The van der Waals surface area contributed by atoms with Gasteiger partial charge in [-0.1, -0.05) is 0 Å². The van der Waals surface area contributed by atoms with E-state index in [9.17, 15) is 31.9 Å². The minimum atomic E-state index is -5.71. The third-order valence-electron chi connectivity index (χ3n) is 1.26. The fourth-order valence-electron chi connectivity index (χ4n) is 0.683. The second-order valence-corrected chi connectivity index (χ2v) is 2.58. The van der Waals surface area contributed by atoms with Crippen molar-refractivity contribution in [2.75, 3.05) is 0 Å². The summed E-state index contributed by atoms with van der Waals surface area (Å²) in [6.07, 6.45) is -11.4. The molecular weight excluding hydrogens is 215 g/mol. The molecule has 0 rings (SSSR count). The van der Waals surface area contributed by atoms with Crippen LogP contribution in [0.25, 0.3) is 0 Å². The number of hydrogen-bond donors (Lipinski definition) is 0. The molecule has 0 aliphatic rings. The average Bonchev–Trinajstić information content (AvgIpc) is 1.79. The van der Waals surface area contributed by atoms with Crippen molar-refractivity contribution < 1.29 is 36.6 Å². The molecule has 0 amide bonds. The van der Waals surface area contributed by atoms with Crippen LogP contribution >= 0.6 is 0 Å². The van der Waals surface area contributed by atoms with E-state index in [0.29, 0.717) is 0 Å². The van der Waals surface area contributed by atoms with Gasteiger partial charge in [0.1, 0.15) is 0 Å². The molecule has 1 unspecified atom stereocenters. The number of ether oxygens (including phenoxy) is 1. The maximum atomic E-state index is 12.2. The van der Waals surface area contributed by atoms with Crippen LogP contribution in [0.1, 0.15) is 13.3 Å². The van der Waals surface area contributed by atoms with Gasteiger partial charge in [0.25, 0.3) is 6.16 Å². The Labute approximate surface area is 75.5 Å². The second-order valence-electron chi connectivity index (χ2n) is 2.58. The summed E-state index contributed by atoms with van der Waals surface area (Å²) in [5, 5.41) is 9.69. The predicted molar refractivity (Wildman–Crippen MR) is 31.6 cm³/mol. The Kier molecular flexibility index (Phi) is 3.66. The summed E-state index contributed by atoms with van der Waals surface area (Å²) < 4.78 is 62.7. The van der Waals surface area contributed by atoms with E-state index in [-0.39, 0.29) is 0 Å². The van der Waals surface area contributed by atoms with Crippen LogP contribution < -0.4 is 5.11 Å². The van der Waals surface area contributed by atoms with Crippen molar-refractivity contribution in [3.63, 3.8) is 0 Å². The first-order valence-corrected chi connectivity index (χ1v) is 3.38. The molecule has 0 heterocycles. The summed E-state index contributed by atoms with van der Waals surface area (Å²) >= 11 is 0. The predicted octanol–water partition coefficient (Wildman–Crippen LogP) is 1.32. The summed E-state index contributed by atoms with van der Waals surface area (Å²) in [7, 11) is 0. The lowest BCUT2D eigenvalue weighted by molar-refractivity contribution is -0.304. The summed E-state index contributed by atoms with van der Waals surface area (Å²) in [4.78, 5) is 9.69. The molecule has 0 bridgehead atoms. The summed E-state index contributed by atoms with van der Waals surface area (Å²) in [5.41, 5.74) is 0. The van der Waals surface area contributed by atoms with Crippen LogP contribution in [0.5, 0.6) is 0 Å². The third-order valence-corrected chi connectivity index (χ3v) is 1.26. The molecule has 0 aromatic heterocycles. The standard InChI is InChI=1S/C6H7F5O3/c1-3(14-4(12)13)2-5(7,8)6(9,10)11/h3H,2H2,1H3,(H,12,13)/p-1. The Balaban J connectivity index is 4.29. The van der Waals surface area contributed by atoms with Gasteiger partial charge in [-0.15, -0.1) is 0 Å². The van der Waals surface area contributed by atoms with Gasteiger partial charge in [-0.25, -0.2) is 0 Å². The van der Waals surface area contributed by atoms with E-state index in [1.807, 2.05) is 0 Å². The molecule has 0 aromatic carbocycles. The molecule has 0 saturated heterocycles. The van der Waals surface area contributed by atoms with E-state index in [0.717, 1.165) is 6.92 Å². The molecule has 0 aliphatic heterocycles. The van der Waals surface area contributed by atoms with Gasteiger partial charge < -0.3 is 14.6 Å². The van der Waals surface area contributed by atoms with Crippen molar-refractivity contribution in [1.82, 2.24) is 0 Å². The van der Waals surface area contributed by atoms with E-state index in [4.69, 9.17) is 0 Å². The largest absolute Gasteiger partial charge is 0.546 e. The molecule has 1 atom stereocenters. The number of rotatable bonds is 3. The van der Waals surface area contributed by atoms with Crippen molar-refractivity contribution in [3.8, 4) is 0 Å². The third kappa shape index (κ3) is 3.75. The van der Waals surface area contributed by atoms with Gasteiger partial charge in [-0.2, -0.15) is 22.0 Å². The van der Waals surface area contributed by atoms with Crippen molar-refractivity contribution in [3.05, 3.63) is 0 Å². The number of alkyl halides is 5. The monoisotopic (exact) mass is 221 g/mol. The van der Waals surface area contributed by atoms with Crippen LogP contribution in [0.2, 0.25) is 0 Å². The summed E-state index contributed by atoms with van der Waals surface area (Å²) in [6.45, 7) is 0.773. The maximum Gasteiger partial charge on any atom is 0.453 e. The highest BCUT2D eigenvalue weighted by atomic mass is 19.4. The van der Waals surface area contributed by atoms with Gasteiger partial charge in [0.05, 0.1) is 0 Å². The van der Waals surface area contributed by atoms with Gasteiger partial charge >= 0.3 is 12.1 Å². The van der Waals surface area contributed by atoms with E-state index in [1.165, 1.54) is 0 Å². The van der Waals surface area contributed by atoms with Gasteiger partial charge in [0.15, 0.2) is 0 Å². The van der Waals surface area contributed by atoms with Gasteiger partial charge in [-0.3, -0.25) is 0 Å². The zero-order valence-corrected chi connectivity index (χ0v) is 6.90. The molecule has 84 valence electrons. The summed E-state index contributed by atoms with van der Waals surface area (Å²) in [6, 6.07) is 0. The smallest absolute Gasteiger partial charge is 0.453 e. The van der Waals surface area contributed by atoms with Crippen molar-refractivity contribution in [2.45, 2.75) is 31.5 Å². The Morgan fingerprint density at radius 1 is 1.36 bits per heavy atom. The lowest BCUT2D eigenvalue weighted by atomic mass is 10.1. The number of carbonyl (C=O) groups is 1. The van der Waals surface area contributed by atoms with Crippen LogP contribution in [0.4, 0.5) is 26.7 Å². The van der Waals surface area contributed by atoms with Crippen molar-refractivity contribution >= 4 is 6.16 Å². The quantitative estimate of drug-likeness (QED) is 0.533. The Morgan fingerprint density at radius 3 is 2.07 bits per heavy atom. The van der Waals surface area contributed by atoms with E-state index < -0.39 is 30.8 Å². The zero-order chi connectivity index (χ0) is 11.6. The van der Waals surface area contributed by atoms with Gasteiger partial charge in [0, 0.05) is 12.5 Å². The summed E-state index contributed by atoms with van der Waals surface area (Å²) in [5.74, 6) is -4.97. The van der Waals surface area contributed by atoms with E-state index in [2.05, 4.69) is 4.74 Å². The molecule has 8 heteroatoms. The highest BCUT2D eigenvalue weighted by molar-refractivity contribution is 5.54. The molecule has 0 saturated carbocycles. The SMILES string of the molecule is CC(CC(F)(F)C(F)(F)F)OC(=O)[O-]. The van der Waals surface area contributed by atoms with Crippen LogP contribution in [0.3, 0.4) is 0 Å². The molecule has 0 radical (unpaired) electrons. The normalized spacial score (nSPS) is 15.0. The Morgan fingerprint density at radius 2 is 1.79 bits per heavy atom. The lowest BCUT2D eigenvalue weighted by Gasteiger charge is -2.25. The molecule has 0 fully saturated rings. The first kappa shape index (κ1) is 12.9. The van der Waals surface area contributed by atoms with Crippen molar-refractivity contribution in [2.24, 2.45) is 0 Å². The second kappa shape index (κ2) is 3.97. The Hall–Kier alpha value is -1.08. The van der Waals surface area contributed by atoms with E-state index >= 15 is 0 Å².